The van der Waals surface area contributed by atoms with E-state index in [0.717, 1.165) is 4.90 Å². The Bertz CT molecular complexity index is 1310. The molecule has 9 nitrogen and oxygen atoms in total. The minimum Gasteiger partial charge on any atom is -0.510 e. The third-order valence-electron chi connectivity index (χ3n) is 8.40. The maximum atomic E-state index is 14.1. The highest BCUT2D eigenvalue weighted by Gasteiger charge is 2.61. The van der Waals surface area contributed by atoms with Gasteiger partial charge in [0.05, 0.1) is 23.7 Å². The molecule has 0 heterocycles. The summed E-state index contributed by atoms with van der Waals surface area (Å²) in [5, 5.41) is 33.4. The number of primary amides is 1. The van der Waals surface area contributed by atoms with Gasteiger partial charge in [0.2, 0.25) is 5.91 Å². The van der Waals surface area contributed by atoms with E-state index in [9.17, 15) is 38.1 Å². The zero-order chi connectivity index (χ0) is 29.9. The van der Waals surface area contributed by atoms with Gasteiger partial charge in [-0.15, -0.1) is 0 Å². The summed E-state index contributed by atoms with van der Waals surface area (Å²) in [7, 11) is 4.67. The number of hydrogen-bond donors (Lipinski definition) is 4. The van der Waals surface area contributed by atoms with E-state index >= 15 is 0 Å². The molecule has 1 saturated carbocycles. The fraction of sp³-hybridized carbons (Fsp3) is 0.556. The highest BCUT2D eigenvalue weighted by atomic mass is 35.5. The predicted molar refractivity (Wildman–Crippen MR) is 141 cm³/mol. The number of hydrogen-bond acceptors (Lipinski definition) is 8. The number of ether oxygens (including phenoxy) is 1. The molecule has 0 radical (unpaired) electrons. The molecule has 0 aromatic heterocycles. The lowest BCUT2D eigenvalue weighted by Gasteiger charge is -2.53. The predicted octanol–water partition coefficient (Wildman–Crippen LogP) is 3.48. The zero-order valence-electron chi connectivity index (χ0n) is 22.6. The molecule has 13 heteroatoms. The zero-order valence-corrected chi connectivity index (χ0v) is 23.4. The first-order valence-corrected chi connectivity index (χ1v) is 13.2. The first kappa shape index (κ1) is 30.2. The molecule has 3 aliphatic carbocycles. The van der Waals surface area contributed by atoms with Crippen molar-refractivity contribution in [3.05, 3.63) is 44.7 Å². The SMILES string of the molecule is CCN(Cc1cc(O)c2c(c1Cl)C[C@H]1C[C@H]3[C@H](N(C)C)C(O)=C(C(N)=O)C[C@@]3(OC)C(=O)C1=C2O)CC(F)(F)F. The lowest BCUT2D eigenvalue weighted by atomic mass is 9.57. The molecule has 1 fully saturated rings. The van der Waals surface area contributed by atoms with Gasteiger partial charge in [-0.25, -0.2) is 0 Å². The number of phenolic OH excluding ortho intramolecular Hbond substituents is 1. The van der Waals surface area contributed by atoms with E-state index in [1.807, 2.05) is 0 Å². The second-order valence-corrected chi connectivity index (χ2v) is 11.3. The summed E-state index contributed by atoms with van der Waals surface area (Å²) < 4.78 is 44.9. The molecule has 0 saturated heterocycles. The molecule has 5 N–H and O–H groups in total. The number of alkyl halides is 3. The van der Waals surface area contributed by atoms with Crippen LogP contribution in [0.4, 0.5) is 13.2 Å². The van der Waals surface area contributed by atoms with E-state index < -0.39 is 59.4 Å². The van der Waals surface area contributed by atoms with Gasteiger partial charge in [-0.1, -0.05) is 18.5 Å². The molecule has 40 heavy (non-hydrogen) atoms. The summed E-state index contributed by atoms with van der Waals surface area (Å²) in [6.45, 7) is 0.300. The van der Waals surface area contributed by atoms with Crippen molar-refractivity contribution in [1.29, 1.82) is 0 Å². The van der Waals surface area contributed by atoms with Crippen molar-refractivity contribution in [3.8, 4) is 5.75 Å². The Balaban J connectivity index is 1.83. The number of Topliss-reactive ketones (excluding diaryl/α,β-unsaturated/α-hetero) is 1. The van der Waals surface area contributed by atoms with Gasteiger partial charge in [0, 0.05) is 36.6 Å². The summed E-state index contributed by atoms with van der Waals surface area (Å²) in [6, 6.07) is 0.398. The Morgan fingerprint density at radius 3 is 2.45 bits per heavy atom. The monoisotopic (exact) mass is 587 g/mol. The number of ketones is 1. The second-order valence-electron chi connectivity index (χ2n) is 10.9. The Labute approximate surface area is 234 Å². The van der Waals surface area contributed by atoms with Gasteiger partial charge in [0.1, 0.15) is 22.9 Å². The number of carbonyl (C=O) groups is 2. The molecule has 0 bridgehead atoms. The van der Waals surface area contributed by atoms with E-state index in [1.54, 1.807) is 25.9 Å². The average Bonchev–Trinajstić information content (AvgIpc) is 2.85. The van der Waals surface area contributed by atoms with Crippen LogP contribution in [0.25, 0.3) is 5.76 Å². The molecule has 1 aromatic carbocycles. The summed E-state index contributed by atoms with van der Waals surface area (Å²) in [5.41, 5.74) is 4.27. The molecule has 1 aromatic rings. The van der Waals surface area contributed by atoms with Gasteiger partial charge < -0.3 is 25.8 Å². The number of fused-ring (bicyclic) bond motifs is 3. The largest absolute Gasteiger partial charge is 0.510 e. The lowest BCUT2D eigenvalue weighted by Crippen LogP contribution is -2.63. The molecule has 0 aliphatic heterocycles. The maximum absolute atomic E-state index is 14.1. The van der Waals surface area contributed by atoms with Crippen molar-refractivity contribution in [2.45, 2.75) is 50.6 Å². The van der Waals surface area contributed by atoms with Crippen LogP contribution in [0, 0.1) is 11.8 Å². The number of methoxy groups -OCH3 is 1. The van der Waals surface area contributed by atoms with Crippen LogP contribution in [-0.2, 0) is 27.3 Å². The minimum atomic E-state index is -4.43. The summed E-state index contributed by atoms with van der Waals surface area (Å²) in [6.07, 6.45) is -4.39. The van der Waals surface area contributed by atoms with Crippen molar-refractivity contribution >= 4 is 29.1 Å². The molecule has 0 unspecified atom stereocenters. The average molecular weight is 588 g/mol. The van der Waals surface area contributed by atoms with Gasteiger partial charge >= 0.3 is 6.18 Å². The van der Waals surface area contributed by atoms with Crippen LogP contribution in [0.3, 0.4) is 0 Å². The number of halogens is 4. The minimum absolute atomic E-state index is 0.000288. The van der Waals surface area contributed by atoms with Gasteiger partial charge in [-0.05, 0) is 56.6 Å². The van der Waals surface area contributed by atoms with E-state index in [4.69, 9.17) is 22.1 Å². The van der Waals surface area contributed by atoms with Gasteiger partial charge in [0.25, 0.3) is 0 Å². The Hall–Kier alpha value is -2.80. The highest BCUT2D eigenvalue weighted by molar-refractivity contribution is 6.32. The molecule has 220 valence electrons. The van der Waals surface area contributed by atoms with Crippen LogP contribution in [0.5, 0.6) is 5.75 Å². The third kappa shape index (κ3) is 4.84. The number of nitrogens with two attached hydrogens (primary N) is 1. The van der Waals surface area contributed by atoms with Crippen LogP contribution in [0.2, 0.25) is 5.02 Å². The van der Waals surface area contributed by atoms with Crippen molar-refractivity contribution in [1.82, 2.24) is 9.80 Å². The summed E-state index contributed by atoms with van der Waals surface area (Å²) in [5.74, 6) is -3.93. The fourth-order valence-corrected chi connectivity index (χ4v) is 6.91. The fourth-order valence-electron chi connectivity index (χ4n) is 6.62. The number of phenols is 1. The molecule has 4 rings (SSSR count). The van der Waals surface area contributed by atoms with Crippen LogP contribution >= 0.6 is 11.6 Å². The van der Waals surface area contributed by atoms with Crippen molar-refractivity contribution in [2.24, 2.45) is 17.6 Å². The topological polar surface area (TPSA) is 137 Å². The normalized spacial score (nSPS) is 26.8. The van der Waals surface area contributed by atoms with E-state index in [2.05, 4.69) is 0 Å². The van der Waals surface area contributed by atoms with Crippen molar-refractivity contribution in [3.63, 3.8) is 0 Å². The molecule has 3 aliphatic rings. The number of aromatic hydroxyl groups is 1. The molecule has 0 spiro atoms. The van der Waals surface area contributed by atoms with Crippen molar-refractivity contribution in [2.75, 3.05) is 34.3 Å². The summed E-state index contributed by atoms with van der Waals surface area (Å²) >= 11 is 6.68. The standard InChI is InChI=1S/C27H33ClF3N3O6/c1-5-34(11-27(29,30)31)10-13-8-17(35)19-14(20(13)28)6-12-7-16-21(33(2)3)22(36)15(25(32)39)9-26(16,40-4)24(38)18(12)23(19)37/h8,12,16,21,35-37H,5-7,9-11H2,1-4H3,(H2,32,39)/t12-,16-,21-,26-/m0/s1. The molecular weight excluding hydrogens is 555 g/mol. The van der Waals surface area contributed by atoms with E-state index in [1.165, 1.54) is 13.2 Å². The Morgan fingerprint density at radius 1 is 1.27 bits per heavy atom. The van der Waals surface area contributed by atoms with Crippen molar-refractivity contribution < 1.29 is 42.8 Å². The number of aliphatic hydroxyl groups is 2. The second kappa shape index (κ2) is 10.6. The molecule has 4 atom stereocenters. The van der Waals surface area contributed by atoms with Crippen LogP contribution in [0.1, 0.15) is 36.5 Å². The number of rotatable bonds is 7. The van der Waals surface area contributed by atoms with E-state index in [-0.39, 0.29) is 65.4 Å². The van der Waals surface area contributed by atoms with E-state index in [0.29, 0.717) is 5.56 Å². The number of nitrogens with zero attached hydrogens (tertiary/aromatic N) is 2. The number of aliphatic hydroxyl groups excluding tert-OH is 2. The Morgan fingerprint density at radius 2 is 1.93 bits per heavy atom. The summed E-state index contributed by atoms with van der Waals surface area (Å²) in [4.78, 5) is 29.1. The van der Waals surface area contributed by atoms with Gasteiger partial charge in [-0.3, -0.25) is 19.4 Å². The Kier molecular flexibility index (Phi) is 7.96. The quantitative estimate of drug-likeness (QED) is 0.381. The number of benzene rings is 1. The number of carbonyl (C=O) groups excluding carboxylic acids is 2. The number of likely N-dealkylation sites (N-methyl/N-ethyl adjacent to an activating group) is 1. The maximum Gasteiger partial charge on any atom is 0.401 e. The van der Waals surface area contributed by atoms with Crippen LogP contribution in [0.15, 0.2) is 23.0 Å². The van der Waals surface area contributed by atoms with Crippen LogP contribution < -0.4 is 5.73 Å². The smallest absolute Gasteiger partial charge is 0.401 e. The lowest BCUT2D eigenvalue weighted by molar-refractivity contribution is -0.157. The first-order valence-electron chi connectivity index (χ1n) is 12.8. The first-order chi connectivity index (χ1) is 18.6. The highest BCUT2D eigenvalue weighted by Crippen LogP contribution is 2.55. The molecular formula is C27H33ClF3N3O6. The molecule has 1 amide bonds. The third-order valence-corrected chi connectivity index (χ3v) is 8.88. The van der Waals surface area contributed by atoms with Crippen LogP contribution in [-0.4, -0.2) is 88.9 Å². The van der Waals surface area contributed by atoms with Gasteiger partial charge in [-0.2, -0.15) is 13.2 Å². The number of amides is 1. The van der Waals surface area contributed by atoms with Gasteiger partial charge in [0.15, 0.2) is 5.78 Å².